The molecule has 4 aromatic rings. The number of carbonyl (C=O) groups is 1. The minimum Gasteiger partial charge on any atom is -0.493 e. The fraction of sp³-hybridized carbons (Fsp3) is 0.333. The number of rotatable bonds is 16. The van der Waals surface area contributed by atoms with Crippen LogP contribution in [0.3, 0.4) is 0 Å². The molecule has 1 amide bonds. The summed E-state index contributed by atoms with van der Waals surface area (Å²) in [4.78, 5) is 17.2. The number of quaternary nitrogens is 1. The number of oxazole rings is 1. The van der Waals surface area contributed by atoms with Crippen molar-refractivity contribution in [3.05, 3.63) is 93.9 Å². The first-order valence-corrected chi connectivity index (χ1v) is 16.7. The molecule has 0 unspecified atom stereocenters. The van der Waals surface area contributed by atoms with Crippen LogP contribution in [0.5, 0.6) is 5.75 Å². The third kappa shape index (κ3) is 8.93. The normalized spacial score (nSPS) is 11.5. The average Bonchev–Trinajstić information content (AvgIpc) is 3.39. The molecule has 0 aliphatic heterocycles. The number of hydrogen-bond acceptors (Lipinski definition) is 4. The molecule has 0 saturated heterocycles. The number of allylic oxidation sites excluding steroid dienone is 2. The van der Waals surface area contributed by atoms with E-state index in [2.05, 4.69) is 95.6 Å². The fourth-order valence-electron chi connectivity index (χ4n) is 5.17. The molecule has 44 heavy (non-hydrogen) atoms. The Morgan fingerprint density at radius 1 is 1.02 bits per heavy atom. The largest absolute Gasteiger partial charge is 0.493 e. The van der Waals surface area contributed by atoms with Gasteiger partial charge in [-0.3, -0.25) is 4.79 Å². The van der Waals surface area contributed by atoms with Gasteiger partial charge in [-0.15, -0.1) is 13.2 Å². The fourth-order valence-corrected chi connectivity index (χ4v) is 6.39. The predicted octanol–water partition coefficient (Wildman–Crippen LogP) is 8.91. The van der Waals surface area contributed by atoms with E-state index in [4.69, 9.17) is 14.1 Å². The number of ether oxygens (including phenoxy) is 1. The van der Waals surface area contributed by atoms with E-state index in [1.54, 1.807) is 0 Å². The molecule has 1 aromatic heterocycles. The number of benzene rings is 3. The first-order chi connectivity index (χ1) is 21.1. The van der Waals surface area contributed by atoms with E-state index < -0.39 is 0 Å². The highest BCUT2D eigenvalue weighted by atomic mass is 79.9. The minimum atomic E-state index is 0.0999. The average molecular weight is 725 g/mol. The Hall–Kier alpha value is -3.20. The molecule has 0 fully saturated rings. The van der Waals surface area contributed by atoms with Crippen LogP contribution in [0.4, 0.5) is 0 Å². The van der Waals surface area contributed by atoms with Gasteiger partial charge in [0.15, 0.2) is 12.1 Å². The van der Waals surface area contributed by atoms with Crippen LogP contribution in [0, 0.1) is 0 Å². The molecule has 232 valence electrons. The molecule has 1 heterocycles. The second kappa shape index (κ2) is 15.7. The number of nitrogens with zero attached hydrogens (tertiary/aromatic N) is 2. The van der Waals surface area contributed by atoms with Gasteiger partial charge in [0.2, 0.25) is 5.89 Å². The van der Waals surface area contributed by atoms with E-state index >= 15 is 0 Å². The van der Waals surface area contributed by atoms with E-state index in [0.717, 1.165) is 92.4 Å². The lowest BCUT2D eigenvalue weighted by atomic mass is 9.97. The number of hydrogen-bond donors (Lipinski definition) is 1. The lowest BCUT2D eigenvalue weighted by Gasteiger charge is -2.29. The third-order valence-electron chi connectivity index (χ3n) is 7.42. The Morgan fingerprint density at radius 3 is 2.55 bits per heavy atom. The maximum absolute atomic E-state index is 12.3. The van der Waals surface area contributed by atoms with E-state index in [9.17, 15) is 4.79 Å². The maximum atomic E-state index is 12.3. The van der Waals surface area contributed by atoms with Crippen molar-refractivity contribution in [2.45, 2.75) is 39.0 Å². The summed E-state index contributed by atoms with van der Waals surface area (Å²) in [5.41, 5.74) is 6.58. The standard InChI is InChI=1S/C36H41Br2N3O3/c1-6-9-17-39-34(42)24-41(4,5)18-10-19-43-33-16-13-26(22-27(33)12-8-3)30-20-25(11-7-2)21-32-35(30)44-36(40-32)29-15-14-28(37)23-31(29)38/h7-8,13-16,20-23H,2-3,6,9-12,17-19,24H2,1,4-5H3/p+1. The van der Waals surface area contributed by atoms with Crippen LogP contribution in [0.1, 0.15) is 37.3 Å². The number of fused-ring (bicyclic) bond motifs is 1. The number of halogens is 2. The van der Waals surface area contributed by atoms with Gasteiger partial charge >= 0.3 is 0 Å². The molecule has 1 N–H and O–H groups in total. The molecule has 6 nitrogen and oxygen atoms in total. The summed E-state index contributed by atoms with van der Waals surface area (Å²) in [5, 5.41) is 3.02. The molecule has 8 heteroatoms. The van der Waals surface area contributed by atoms with Gasteiger partial charge in [-0.2, -0.15) is 0 Å². The quantitative estimate of drug-likeness (QED) is 0.0713. The van der Waals surface area contributed by atoms with Crippen LogP contribution >= 0.6 is 31.9 Å². The summed E-state index contributed by atoms with van der Waals surface area (Å²) in [5.74, 6) is 1.50. The smallest absolute Gasteiger partial charge is 0.275 e. The number of carbonyl (C=O) groups excluding carboxylic acids is 1. The summed E-state index contributed by atoms with van der Waals surface area (Å²) < 4.78 is 15.2. The van der Waals surface area contributed by atoms with Crippen molar-refractivity contribution in [1.29, 1.82) is 0 Å². The highest BCUT2D eigenvalue weighted by molar-refractivity contribution is 9.11. The van der Waals surface area contributed by atoms with Gasteiger partial charge in [-0.05, 0) is 94.3 Å². The number of nitrogens with one attached hydrogen (secondary N) is 1. The minimum absolute atomic E-state index is 0.0999. The van der Waals surface area contributed by atoms with Gasteiger partial charge in [0.05, 0.1) is 32.8 Å². The Bertz CT molecular complexity index is 1630. The van der Waals surface area contributed by atoms with Gasteiger partial charge in [-0.25, -0.2) is 4.98 Å². The molecule has 0 radical (unpaired) electrons. The Balaban J connectivity index is 1.55. The van der Waals surface area contributed by atoms with Crippen LogP contribution in [-0.4, -0.2) is 55.7 Å². The van der Waals surface area contributed by atoms with E-state index in [1.807, 2.05) is 36.4 Å². The van der Waals surface area contributed by atoms with Gasteiger partial charge in [-0.1, -0.05) is 47.5 Å². The molecule has 0 aliphatic rings. The summed E-state index contributed by atoms with van der Waals surface area (Å²) >= 11 is 7.17. The van der Waals surface area contributed by atoms with Gasteiger partial charge < -0.3 is 19.0 Å². The monoisotopic (exact) mass is 722 g/mol. The number of aromatic nitrogens is 1. The zero-order chi connectivity index (χ0) is 31.7. The number of unbranched alkanes of at least 4 members (excludes halogenated alkanes) is 1. The first kappa shape index (κ1) is 33.7. The van der Waals surface area contributed by atoms with Gasteiger partial charge in [0.25, 0.3) is 5.91 Å². The zero-order valence-electron chi connectivity index (χ0n) is 25.9. The molecular weight excluding hydrogens is 682 g/mol. The van der Waals surface area contributed by atoms with Crippen LogP contribution in [0.15, 0.2) is 87.2 Å². The van der Waals surface area contributed by atoms with Crippen molar-refractivity contribution in [3.63, 3.8) is 0 Å². The zero-order valence-corrected chi connectivity index (χ0v) is 29.1. The highest BCUT2D eigenvalue weighted by Gasteiger charge is 2.20. The van der Waals surface area contributed by atoms with Gasteiger partial charge in [0, 0.05) is 27.5 Å². The molecule has 0 bridgehead atoms. The van der Waals surface area contributed by atoms with Crippen molar-refractivity contribution in [3.8, 4) is 28.3 Å². The molecule has 0 saturated carbocycles. The number of amides is 1. The SMILES string of the molecule is C=CCc1cc(-c2ccc(OCCC[N+](C)(C)CC(=O)NCCCC)c(CC=C)c2)c2oc(-c3ccc(Br)cc3Br)nc2c1. The van der Waals surface area contributed by atoms with E-state index in [0.29, 0.717) is 29.9 Å². The second-order valence-electron chi connectivity index (χ2n) is 11.7. The lowest BCUT2D eigenvalue weighted by molar-refractivity contribution is -0.882. The van der Waals surface area contributed by atoms with Crippen molar-refractivity contribution >= 4 is 48.9 Å². The summed E-state index contributed by atoms with van der Waals surface area (Å²) in [6, 6.07) is 16.4. The second-order valence-corrected chi connectivity index (χ2v) is 13.4. The maximum Gasteiger partial charge on any atom is 0.275 e. The third-order valence-corrected chi connectivity index (χ3v) is 8.57. The van der Waals surface area contributed by atoms with Crippen molar-refractivity contribution in [2.24, 2.45) is 0 Å². The summed E-state index contributed by atoms with van der Waals surface area (Å²) in [6.45, 7) is 12.6. The van der Waals surface area contributed by atoms with Crippen LogP contribution in [-0.2, 0) is 17.6 Å². The van der Waals surface area contributed by atoms with Crippen molar-refractivity contribution < 1.29 is 18.4 Å². The van der Waals surface area contributed by atoms with Crippen molar-refractivity contribution in [1.82, 2.24) is 10.3 Å². The van der Waals surface area contributed by atoms with E-state index in [-0.39, 0.29) is 5.91 Å². The Morgan fingerprint density at radius 2 is 1.82 bits per heavy atom. The molecule has 0 atom stereocenters. The summed E-state index contributed by atoms with van der Waals surface area (Å²) in [6.07, 6.45) is 8.10. The van der Waals surface area contributed by atoms with Crippen molar-refractivity contribution in [2.75, 3.05) is 40.3 Å². The first-order valence-electron chi connectivity index (χ1n) is 15.1. The van der Waals surface area contributed by atoms with Gasteiger partial charge in [0.1, 0.15) is 11.3 Å². The van der Waals surface area contributed by atoms with Crippen LogP contribution < -0.4 is 10.1 Å². The van der Waals surface area contributed by atoms with Crippen LogP contribution in [0.2, 0.25) is 0 Å². The molecule has 3 aromatic carbocycles. The van der Waals surface area contributed by atoms with E-state index in [1.165, 1.54) is 0 Å². The number of likely N-dealkylation sites (N-methyl/N-ethyl adjacent to an activating group) is 1. The summed E-state index contributed by atoms with van der Waals surface area (Å²) in [7, 11) is 4.17. The molecular formula is C36H42Br2N3O3+. The Kier molecular flexibility index (Phi) is 12.0. The van der Waals surface area contributed by atoms with Crippen LogP contribution in [0.25, 0.3) is 33.7 Å². The highest BCUT2D eigenvalue weighted by Crippen LogP contribution is 2.38. The lowest BCUT2D eigenvalue weighted by Crippen LogP contribution is -2.48. The topological polar surface area (TPSA) is 64.4 Å². The Labute approximate surface area is 278 Å². The predicted molar refractivity (Wildman–Crippen MR) is 188 cm³/mol. The molecule has 0 aliphatic carbocycles. The molecule has 4 rings (SSSR count). The molecule has 0 spiro atoms.